The summed E-state index contributed by atoms with van der Waals surface area (Å²) in [4.78, 5) is 48.7. The summed E-state index contributed by atoms with van der Waals surface area (Å²) in [6, 6.07) is 7.66. The summed E-state index contributed by atoms with van der Waals surface area (Å²) in [5, 5.41) is 23.6. The normalized spacial score (nSPS) is 37.7. The van der Waals surface area contributed by atoms with Crippen LogP contribution in [-0.2, 0) is 44.6 Å². The summed E-state index contributed by atoms with van der Waals surface area (Å²) < 4.78 is 33.3. The maximum Gasteiger partial charge on any atom is 0.316 e. The topological polar surface area (TPSA) is 159 Å². The van der Waals surface area contributed by atoms with Crippen LogP contribution in [0.5, 0.6) is 0 Å². The van der Waals surface area contributed by atoms with Crippen molar-refractivity contribution in [3.8, 4) is 0 Å². The minimum atomic E-state index is -1.78. The zero-order valence-corrected chi connectivity index (χ0v) is 34.2. The number of aromatic nitrogens is 2. The molecule has 0 amide bonds. The second kappa shape index (κ2) is 18.4. The van der Waals surface area contributed by atoms with Crippen LogP contribution in [0.1, 0.15) is 87.5 Å². The third-order valence-electron chi connectivity index (χ3n) is 11.9. The molecule has 1 aromatic carbocycles. The first-order valence-electron chi connectivity index (χ1n) is 19.6. The number of cyclic esters (lactones) is 1. The minimum absolute atomic E-state index is 0.133. The molecule has 13 heteroatoms. The number of aryl methyl sites for hydroxylation is 1. The van der Waals surface area contributed by atoms with Crippen LogP contribution in [-0.4, -0.2) is 124 Å². The van der Waals surface area contributed by atoms with E-state index in [1.54, 1.807) is 34.6 Å². The van der Waals surface area contributed by atoms with E-state index in [9.17, 15) is 24.6 Å². The monoisotopic (exact) mass is 759 g/mol. The number of nitrogens with zero attached hydrogens (tertiary/aromatic N) is 3. The number of unbranched alkanes of at least 4 members (excludes halogenated alkanes) is 1. The van der Waals surface area contributed by atoms with Crippen molar-refractivity contribution in [2.75, 3.05) is 27.8 Å². The summed E-state index contributed by atoms with van der Waals surface area (Å²) in [6.45, 7) is 14.6. The van der Waals surface area contributed by atoms with E-state index in [-0.39, 0.29) is 37.4 Å². The van der Waals surface area contributed by atoms with Crippen LogP contribution in [0.3, 0.4) is 0 Å². The molecule has 3 heterocycles. The van der Waals surface area contributed by atoms with Crippen LogP contribution >= 0.6 is 0 Å². The number of carbonyl (C=O) groups is 3. The Bertz CT molecular complexity index is 1560. The number of aliphatic hydroxyl groups is 2. The van der Waals surface area contributed by atoms with Crippen LogP contribution < -0.4 is 0 Å². The predicted octanol–water partition coefficient (Wildman–Crippen LogP) is 4.58. The van der Waals surface area contributed by atoms with Gasteiger partial charge < -0.3 is 43.4 Å². The van der Waals surface area contributed by atoms with Gasteiger partial charge in [-0.3, -0.25) is 14.4 Å². The highest BCUT2D eigenvalue weighted by atomic mass is 16.7. The predicted molar refractivity (Wildman–Crippen MR) is 204 cm³/mol. The number of Topliss-reactive ketones (excluding diaryl/α,β-unsaturated/α-hetero) is 2. The minimum Gasteiger partial charge on any atom is -0.459 e. The third kappa shape index (κ3) is 9.59. The summed E-state index contributed by atoms with van der Waals surface area (Å²) in [5.74, 6) is -5.07. The SMILES string of the molecule is CC[C@H]1OC(=O)[C@H](C)C(=O)[C@H](C)[C@@H](O[C@@H]2O[C@H](C)C[C@H](N(C)C)[C@H]2O)[C@@](C)(OC)C[C@@H](C)C(=O)[C@H](C)C(OCCCCn2cnc3ccccc32)[C@]1(C)O. The van der Waals surface area contributed by atoms with Gasteiger partial charge >= 0.3 is 5.97 Å². The fourth-order valence-electron chi connectivity index (χ4n) is 8.52. The summed E-state index contributed by atoms with van der Waals surface area (Å²) in [5.41, 5.74) is -1.06. The Kier molecular flexibility index (Phi) is 15.0. The molecule has 2 fully saturated rings. The van der Waals surface area contributed by atoms with Crippen LogP contribution in [0.4, 0.5) is 0 Å². The number of imidazole rings is 1. The zero-order valence-electron chi connectivity index (χ0n) is 34.2. The molecule has 0 saturated carbocycles. The highest BCUT2D eigenvalue weighted by Gasteiger charge is 2.52. The van der Waals surface area contributed by atoms with E-state index in [1.165, 1.54) is 21.0 Å². The number of carbonyl (C=O) groups excluding carboxylic acids is 3. The standard InChI is InChI=1S/C41H65N3O10/c1-12-32-41(8,49)37(51-20-16-15-19-44-23-42-29-17-13-14-18-30(29)44)26(4)33(45)24(2)22-40(7,50-11)36(27(5)34(46)28(6)38(48)53-32)54-39-35(47)31(43(9)10)21-25(3)52-39/h13-14,17-18,23-28,31-32,35-37,39,47,49H,12,15-16,19-22H2,1-11H3/t24-,25-,26+,27+,28-,31+,32-,35-,36-,37?,39+,40+,41-/m1/s1. The highest BCUT2D eigenvalue weighted by Crippen LogP contribution is 2.39. The number of methoxy groups -OCH3 is 1. The number of aliphatic hydroxyl groups excluding tert-OH is 1. The van der Waals surface area contributed by atoms with Crippen LogP contribution in [0.2, 0.25) is 0 Å². The van der Waals surface area contributed by atoms with Crippen LogP contribution in [0.15, 0.2) is 30.6 Å². The van der Waals surface area contributed by atoms with Gasteiger partial charge in [0.2, 0.25) is 0 Å². The van der Waals surface area contributed by atoms with Crippen molar-refractivity contribution in [3.63, 3.8) is 0 Å². The van der Waals surface area contributed by atoms with Gasteiger partial charge in [-0.1, -0.05) is 39.8 Å². The number of para-hydroxylation sites is 2. The molecule has 1 unspecified atom stereocenters. The van der Waals surface area contributed by atoms with Crippen molar-refractivity contribution in [1.29, 1.82) is 0 Å². The van der Waals surface area contributed by atoms with Gasteiger partial charge in [0.1, 0.15) is 29.5 Å². The van der Waals surface area contributed by atoms with E-state index < -0.39 is 77.3 Å². The van der Waals surface area contributed by atoms with Crippen molar-refractivity contribution in [1.82, 2.24) is 14.5 Å². The number of benzene rings is 1. The second-order valence-electron chi connectivity index (χ2n) is 16.3. The van der Waals surface area contributed by atoms with Gasteiger partial charge in [-0.15, -0.1) is 0 Å². The number of rotatable bonds is 11. The molecule has 4 rings (SSSR count). The molecule has 13 atom stereocenters. The molecule has 2 aromatic rings. The van der Waals surface area contributed by atoms with Gasteiger partial charge in [0, 0.05) is 44.1 Å². The first-order valence-corrected chi connectivity index (χ1v) is 19.6. The van der Waals surface area contributed by atoms with Crippen LogP contribution in [0, 0.1) is 23.7 Å². The van der Waals surface area contributed by atoms with E-state index in [4.69, 9.17) is 23.7 Å². The summed E-state index contributed by atoms with van der Waals surface area (Å²) in [7, 11) is 5.24. The van der Waals surface area contributed by atoms with Gasteiger partial charge in [-0.2, -0.15) is 0 Å². The van der Waals surface area contributed by atoms with Crippen LogP contribution in [0.25, 0.3) is 11.0 Å². The molecule has 0 radical (unpaired) electrons. The zero-order chi connectivity index (χ0) is 40.1. The average molecular weight is 760 g/mol. The fraction of sp³-hybridized carbons (Fsp3) is 0.756. The summed E-state index contributed by atoms with van der Waals surface area (Å²) >= 11 is 0. The first-order chi connectivity index (χ1) is 25.4. The molecule has 2 aliphatic heterocycles. The molecule has 1 aromatic heterocycles. The Morgan fingerprint density at radius 3 is 2.31 bits per heavy atom. The van der Waals surface area contributed by atoms with Crippen molar-refractivity contribution in [2.24, 2.45) is 23.7 Å². The Morgan fingerprint density at radius 2 is 1.67 bits per heavy atom. The third-order valence-corrected chi connectivity index (χ3v) is 11.9. The van der Waals surface area contributed by atoms with E-state index in [0.717, 1.165) is 17.5 Å². The lowest BCUT2D eigenvalue weighted by molar-refractivity contribution is -0.295. The van der Waals surface area contributed by atoms with E-state index in [0.29, 0.717) is 19.4 Å². The number of ether oxygens (including phenoxy) is 5. The molecule has 0 spiro atoms. The number of ketones is 2. The fourth-order valence-corrected chi connectivity index (χ4v) is 8.52. The van der Waals surface area contributed by atoms with E-state index >= 15 is 0 Å². The smallest absolute Gasteiger partial charge is 0.316 e. The lowest BCUT2D eigenvalue weighted by Gasteiger charge is -2.47. The molecular formula is C41H65N3O10. The maximum absolute atomic E-state index is 14.4. The molecule has 54 heavy (non-hydrogen) atoms. The number of hydrogen-bond acceptors (Lipinski definition) is 12. The second-order valence-corrected chi connectivity index (χ2v) is 16.3. The molecule has 304 valence electrons. The molecule has 13 nitrogen and oxygen atoms in total. The van der Waals surface area contributed by atoms with E-state index in [2.05, 4.69) is 9.55 Å². The van der Waals surface area contributed by atoms with Gasteiger partial charge in [-0.25, -0.2) is 4.98 Å². The number of fused-ring (bicyclic) bond motifs is 1. The average Bonchev–Trinajstić information content (AvgIpc) is 3.55. The molecule has 2 N–H and O–H groups in total. The van der Waals surface area contributed by atoms with Gasteiger partial charge in [-0.05, 0) is 86.0 Å². The summed E-state index contributed by atoms with van der Waals surface area (Å²) in [6.07, 6.45) is -1.39. The molecule has 2 aliphatic rings. The number of esters is 1. The largest absolute Gasteiger partial charge is 0.459 e. The van der Waals surface area contributed by atoms with Gasteiger partial charge in [0.25, 0.3) is 0 Å². The molecule has 0 bridgehead atoms. The Hall–Kier alpha value is -2.78. The Morgan fingerprint density at radius 1 is 1.00 bits per heavy atom. The Labute approximate surface area is 321 Å². The Balaban J connectivity index is 1.63. The van der Waals surface area contributed by atoms with Gasteiger partial charge in [0.15, 0.2) is 12.1 Å². The lowest BCUT2D eigenvalue weighted by Crippen LogP contribution is -2.60. The van der Waals surface area contributed by atoms with Crippen molar-refractivity contribution in [3.05, 3.63) is 30.6 Å². The molecular weight excluding hydrogens is 694 g/mol. The number of hydrogen-bond donors (Lipinski definition) is 2. The van der Waals surface area contributed by atoms with Crippen molar-refractivity contribution >= 4 is 28.6 Å². The molecule has 0 aliphatic carbocycles. The lowest BCUT2D eigenvalue weighted by atomic mass is 9.74. The quantitative estimate of drug-likeness (QED) is 0.187. The number of likely N-dealkylation sites (N-methyl/N-ethyl adjacent to an activating group) is 1. The molecule has 2 saturated heterocycles. The van der Waals surface area contributed by atoms with Crippen molar-refractivity contribution < 1.29 is 48.3 Å². The highest BCUT2D eigenvalue weighted by molar-refractivity contribution is 6.00. The maximum atomic E-state index is 14.4. The van der Waals surface area contributed by atoms with Gasteiger partial charge in [0.05, 0.1) is 41.3 Å². The first kappa shape index (κ1) is 43.9. The van der Waals surface area contributed by atoms with E-state index in [1.807, 2.05) is 56.5 Å². The van der Waals surface area contributed by atoms with Crippen molar-refractivity contribution in [2.45, 2.75) is 148 Å².